The fourth-order valence-electron chi connectivity index (χ4n) is 6.79. The van der Waals surface area contributed by atoms with Gasteiger partial charge in [-0.1, -0.05) is 127 Å². The van der Waals surface area contributed by atoms with Crippen LogP contribution >= 0.6 is 0 Å². The number of hydrogen-bond acceptors (Lipinski definition) is 1. The monoisotopic (exact) mass is 534 g/mol. The molecule has 196 valence electrons. The van der Waals surface area contributed by atoms with Crippen molar-refractivity contribution in [2.75, 3.05) is 0 Å². The van der Waals surface area contributed by atoms with Crippen LogP contribution in [0.2, 0.25) is 0 Å². The second-order valence-electron chi connectivity index (χ2n) is 11.4. The molecule has 0 saturated heterocycles. The molecule has 1 nitrogen and oxygen atoms in total. The van der Waals surface area contributed by atoms with Crippen LogP contribution in [-0.2, 0) is 0 Å². The van der Waals surface area contributed by atoms with Gasteiger partial charge in [0.05, 0.1) is 0 Å². The molecule has 42 heavy (non-hydrogen) atoms. The maximum atomic E-state index is 6.15. The molecule has 9 aromatic rings. The average molecular weight is 535 g/mol. The van der Waals surface area contributed by atoms with Gasteiger partial charge in [0.15, 0.2) is 0 Å². The molecule has 0 aliphatic carbocycles. The van der Waals surface area contributed by atoms with Crippen molar-refractivity contribution in [1.29, 1.82) is 0 Å². The van der Waals surface area contributed by atoms with E-state index in [1.165, 1.54) is 65.7 Å². The number of benzene rings is 8. The standard InChI is InChI=1S/C41H26O/c1-25-6-8-27(9-7-25)32-19-14-29-17-23-37-33(20-15-30-16-22-36(32)40(29)41(30)37)28-12-10-26(11-13-28)31-18-21-35-34-4-2-3-5-38(34)42-39(35)24-31/h2-24H,1H3. The van der Waals surface area contributed by atoms with E-state index in [9.17, 15) is 0 Å². The Bertz CT molecular complexity index is 2440. The Kier molecular flexibility index (Phi) is 4.88. The molecule has 0 fully saturated rings. The van der Waals surface area contributed by atoms with Crippen LogP contribution in [0.25, 0.3) is 87.6 Å². The average Bonchev–Trinajstić information content (AvgIpc) is 3.42. The zero-order valence-corrected chi connectivity index (χ0v) is 23.2. The molecule has 0 radical (unpaired) electrons. The molecule has 0 N–H and O–H groups in total. The minimum atomic E-state index is 0.926. The van der Waals surface area contributed by atoms with Gasteiger partial charge < -0.3 is 4.42 Å². The molecule has 0 bridgehead atoms. The van der Waals surface area contributed by atoms with Gasteiger partial charge in [-0.3, -0.25) is 0 Å². The first kappa shape index (κ1) is 23.3. The van der Waals surface area contributed by atoms with Gasteiger partial charge >= 0.3 is 0 Å². The predicted molar refractivity (Wildman–Crippen MR) is 178 cm³/mol. The van der Waals surface area contributed by atoms with Crippen molar-refractivity contribution in [2.45, 2.75) is 6.92 Å². The van der Waals surface area contributed by atoms with Crippen molar-refractivity contribution < 1.29 is 4.42 Å². The van der Waals surface area contributed by atoms with Gasteiger partial charge in [0.25, 0.3) is 0 Å². The molecule has 0 saturated carbocycles. The van der Waals surface area contributed by atoms with Crippen LogP contribution in [0.5, 0.6) is 0 Å². The van der Waals surface area contributed by atoms with E-state index in [2.05, 4.69) is 134 Å². The summed E-state index contributed by atoms with van der Waals surface area (Å²) in [5.41, 5.74) is 10.5. The minimum Gasteiger partial charge on any atom is -0.456 e. The molecule has 1 aromatic heterocycles. The predicted octanol–water partition coefficient (Wildman–Crippen LogP) is 11.8. The summed E-state index contributed by atoms with van der Waals surface area (Å²) >= 11 is 0. The highest BCUT2D eigenvalue weighted by atomic mass is 16.3. The van der Waals surface area contributed by atoms with Crippen LogP contribution in [0, 0.1) is 6.92 Å². The summed E-state index contributed by atoms with van der Waals surface area (Å²) in [5, 5.41) is 10.2. The topological polar surface area (TPSA) is 13.1 Å². The molecule has 0 aliphatic rings. The van der Waals surface area contributed by atoms with Crippen molar-refractivity contribution in [1.82, 2.24) is 0 Å². The van der Waals surface area contributed by atoms with Crippen LogP contribution in [0.4, 0.5) is 0 Å². The summed E-state index contributed by atoms with van der Waals surface area (Å²) in [6.45, 7) is 2.14. The number of para-hydroxylation sites is 1. The Labute approximate surface area is 243 Å². The third-order valence-electron chi connectivity index (χ3n) is 8.94. The van der Waals surface area contributed by atoms with E-state index in [0.29, 0.717) is 0 Å². The highest BCUT2D eigenvalue weighted by Crippen LogP contribution is 2.42. The van der Waals surface area contributed by atoms with E-state index in [1.807, 2.05) is 12.1 Å². The van der Waals surface area contributed by atoms with Crippen LogP contribution in [0.15, 0.2) is 144 Å². The Morgan fingerprint density at radius 3 is 1.55 bits per heavy atom. The first-order valence-electron chi connectivity index (χ1n) is 14.5. The lowest BCUT2D eigenvalue weighted by Crippen LogP contribution is -1.89. The zero-order valence-electron chi connectivity index (χ0n) is 23.2. The first-order valence-corrected chi connectivity index (χ1v) is 14.5. The van der Waals surface area contributed by atoms with Gasteiger partial charge in [-0.2, -0.15) is 0 Å². The Morgan fingerprint density at radius 2 is 0.881 bits per heavy atom. The van der Waals surface area contributed by atoms with Crippen LogP contribution < -0.4 is 0 Å². The van der Waals surface area contributed by atoms with Crippen LogP contribution in [0.3, 0.4) is 0 Å². The van der Waals surface area contributed by atoms with Gasteiger partial charge in [-0.15, -0.1) is 0 Å². The summed E-state index contributed by atoms with van der Waals surface area (Å²) in [6, 6.07) is 50.9. The van der Waals surface area contributed by atoms with Crippen molar-refractivity contribution in [2.24, 2.45) is 0 Å². The Balaban J connectivity index is 1.17. The molecule has 0 unspecified atom stereocenters. The normalized spacial score (nSPS) is 11.9. The van der Waals surface area contributed by atoms with E-state index >= 15 is 0 Å². The molecular formula is C41H26O. The number of rotatable bonds is 3. The van der Waals surface area contributed by atoms with E-state index in [1.54, 1.807) is 0 Å². The summed E-state index contributed by atoms with van der Waals surface area (Å²) in [5.74, 6) is 0. The fraction of sp³-hybridized carbons (Fsp3) is 0.0244. The van der Waals surface area contributed by atoms with Gasteiger partial charge in [-0.05, 0) is 90.8 Å². The molecule has 1 heteroatoms. The number of furan rings is 1. The van der Waals surface area contributed by atoms with E-state index in [0.717, 1.165) is 27.5 Å². The van der Waals surface area contributed by atoms with Gasteiger partial charge in [0.2, 0.25) is 0 Å². The zero-order chi connectivity index (χ0) is 27.8. The Morgan fingerprint density at radius 1 is 0.381 bits per heavy atom. The lowest BCUT2D eigenvalue weighted by atomic mass is 9.87. The molecule has 0 atom stereocenters. The molecule has 8 aromatic carbocycles. The fourth-order valence-corrected chi connectivity index (χ4v) is 6.79. The second kappa shape index (κ2) is 8.80. The number of aryl methyl sites for hydroxylation is 1. The number of fused-ring (bicyclic) bond motifs is 3. The third kappa shape index (κ3) is 3.44. The first-order chi connectivity index (χ1) is 20.7. The maximum Gasteiger partial charge on any atom is 0.136 e. The molecule has 0 aliphatic heterocycles. The molecular weight excluding hydrogens is 508 g/mol. The van der Waals surface area contributed by atoms with Crippen molar-refractivity contribution in [3.8, 4) is 33.4 Å². The summed E-state index contributed by atoms with van der Waals surface area (Å²) in [4.78, 5) is 0. The molecule has 0 spiro atoms. The minimum absolute atomic E-state index is 0.926. The van der Waals surface area contributed by atoms with Crippen LogP contribution in [0.1, 0.15) is 5.56 Å². The highest BCUT2D eigenvalue weighted by molar-refractivity contribution is 6.27. The quantitative estimate of drug-likeness (QED) is 0.205. The van der Waals surface area contributed by atoms with E-state index in [4.69, 9.17) is 4.42 Å². The summed E-state index contributed by atoms with van der Waals surface area (Å²) in [6.07, 6.45) is 0. The molecule has 0 amide bonds. The molecule has 1 heterocycles. The third-order valence-corrected chi connectivity index (χ3v) is 8.94. The van der Waals surface area contributed by atoms with Crippen molar-refractivity contribution in [3.63, 3.8) is 0 Å². The summed E-state index contributed by atoms with van der Waals surface area (Å²) in [7, 11) is 0. The second-order valence-corrected chi connectivity index (χ2v) is 11.4. The molecule has 9 rings (SSSR count). The van der Waals surface area contributed by atoms with E-state index < -0.39 is 0 Å². The maximum absolute atomic E-state index is 6.15. The lowest BCUT2D eigenvalue weighted by molar-refractivity contribution is 0.669. The van der Waals surface area contributed by atoms with Crippen LogP contribution in [-0.4, -0.2) is 0 Å². The largest absolute Gasteiger partial charge is 0.456 e. The van der Waals surface area contributed by atoms with Gasteiger partial charge in [0.1, 0.15) is 11.2 Å². The Hall–Kier alpha value is -5.40. The van der Waals surface area contributed by atoms with Crippen molar-refractivity contribution >= 4 is 54.3 Å². The number of hydrogen-bond donors (Lipinski definition) is 0. The van der Waals surface area contributed by atoms with E-state index in [-0.39, 0.29) is 0 Å². The lowest BCUT2D eigenvalue weighted by Gasteiger charge is -2.17. The summed E-state index contributed by atoms with van der Waals surface area (Å²) < 4.78 is 6.15. The smallest absolute Gasteiger partial charge is 0.136 e. The van der Waals surface area contributed by atoms with Crippen molar-refractivity contribution in [3.05, 3.63) is 145 Å². The van der Waals surface area contributed by atoms with Gasteiger partial charge in [-0.25, -0.2) is 0 Å². The SMILES string of the molecule is Cc1ccc(-c2ccc3ccc4c(-c5ccc(-c6ccc7c(c6)oc6ccccc67)cc5)ccc5ccc2c3c54)cc1. The highest BCUT2D eigenvalue weighted by Gasteiger charge is 2.15. The van der Waals surface area contributed by atoms with Gasteiger partial charge in [0, 0.05) is 10.8 Å².